The monoisotopic (exact) mass is 562 g/mol. The molecule has 3 N–H and O–H groups in total. The molecule has 30 heavy (non-hydrogen) atoms. The largest absolute Gasteiger partial charge is 0.465 e. The van der Waals surface area contributed by atoms with E-state index in [2.05, 4.69) is 15.6 Å². The maximum absolute atomic E-state index is 14.4. The summed E-state index contributed by atoms with van der Waals surface area (Å²) in [5.41, 5.74) is 0.172. The number of hydrogen-bond donors (Lipinski definition) is 3. The van der Waals surface area contributed by atoms with Crippen LogP contribution in [-0.2, 0) is 10.0 Å². The molecule has 0 atom stereocenters. The topological polar surface area (TPSA) is 112 Å². The molecular formula is C18H16FIN4O4S2. The predicted molar refractivity (Wildman–Crippen MR) is 120 cm³/mol. The minimum absolute atomic E-state index is 0.0539. The van der Waals surface area contributed by atoms with Crippen LogP contribution in [-0.4, -0.2) is 48.5 Å². The van der Waals surface area contributed by atoms with Crippen molar-refractivity contribution in [3.05, 3.63) is 45.9 Å². The third-order valence-corrected chi connectivity index (χ3v) is 8.41. The molecule has 3 heterocycles. The number of carboxylic acid groups (broad SMARTS) is 1. The van der Waals surface area contributed by atoms with E-state index in [1.807, 2.05) is 22.6 Å². The average Bonchev–Trinajstić information content (AvgIpc) is 3.01. The first kappa shape index (κ1) is 21.2. The van der Waals surface area contributed by atoms with E-state index in [0.717, 1.165) is 14.9 Å². The van der Waals surface area contributed by atoms with Crippen LogP contribution < -0.4 is 10.6 Å². The number of carbonyl (C=O) groups is 1. The van der Waals surface area contributed by atoms with Gasteiger partial charge in [-0.3, -0.25) is 0 Å². The van der Waals surface area contributed by atoms with Gasteiger partial charge >= 0.3 is 6.09 Å². The maximum Gasteiger partial charge on any atom is 0.404 e. The number of rotatable bonds is 6. The molecule has 1 amide bonds. The third kappa shape index (κ3) is 4.08. The van der Waals surface area contributed by atoms with Crippen molar-refractivity contribution < 1.29 is 22.7 Å². The lowest BCUT2D eigenvalue weighted by Gasteiger charge is -2.38. The molecular weight excluding hydrogens is 546 g/mol. The number of anilines is 2. The molecule has 0 aliphatic carbocycles. The van der Waals surface area contributed by atoms with Crippen molar-refractivity contribution in [2.45, 2.75) is 4.90 Å². The zero-order chi connectivity index (χ0) is 21.5. The van der Waals surface area contributed by atoms with Crippen LogP contribution in [0.1, 0.15) is 0 Å². The van der Waals surface area contributed by atoms with E-state index < -0.39 is 21.9 Å². The standard InChI is InChI=1S/C18H16FIN4O4S2/c19-13-6-11(20)3-4-14(13)23-17-15(12-2-1-5-21-16(12)29-17)30(27,28)24-8-10(9-24)7-22-18(25)26/h1-6,10,22-23H,7-9H2,(H,25,26). The summed E-state index contributed by atoms with van der Waals surface area (Å²) in [4.78, 5) is 15.5. The van der Waals surface area contributed by atoms with E-state index in [9.17, 15) is 17.6 Å². The van der Waals surface area contributed by atoms with Crippen molar-refractivity contribution in [3.8, 4) is 0 Å². The van der Waals surface area contributed by atoms with Gasteiger partial charge in [0.15, 0.2) is 0 Å². The molecule has 0 bridgehead atoms. The highest BCUT2D eigenvalue weighted by Gasteiger charge is 2.39. The molecule has 2 aromatic heterocycles. The quantitative estimate of drug-likeness (QED) is 0.396. The number of fused-ring (bicyclic) bond motifs is 1. The Kier molecular flexibility index (Phi) is 5.83. The Hall–Kier alpha value is -2.03. The Morgan fingerprint density at radius 2 is 2.13 bits per heavy atom. The Morgan fingerprint density at radius 3 is 2.83 bits per heavy atom. The summed E-state index contributed by atoms with van der Waals surface area (Å²) in [6.45, 7) is 0.599. The third-order valence-electron chi connectivity index (χ3n) is 4.66. The van der Waals surface area contributed by atoms with Gasteiger partial charge in [0.05, 0.1) is 5.69 Å². The summed E-state index contributed by atoms with van der Waals surface area (Å²) in [5, 5.41) is 14.6. The first-order valence-corrected chi connectivity index (χ1v) is 12.2. The SMILES string of the molecule is O=C(O)NCC1CN(S(=O)(=O)c2c(Nc3ccc(I)cc3F)sc3ncccc23)C1. The second kappa shape index (κ2) is 8.24. The van der Waals surface area contributed by atoms with Crippen LogP contribution in [0.5, 0.6) is 0 Å². The Balaban J connectivity index is 1.67. The Bertz CT molecular complexity index is 1230. The summed E-state index contributed by atoms with van der Waals surface area (Å²) < 4.78 is 43.1. The van der Waals surface area contributed by atoms with Gasteiger partial charge in [-0.1, -0.05) is 11.3 Å². The molecule has 1 aromatic carbocycles. The molecule has 3 aromatic rings. The van der Waals surface area contributed by atoms with Crippen molar-refractivity contribution in [2.75, 3.05) is 25.0 Å². The summed E-state index contributed by atoms with van der Waals surface area (Å²) in [5.74, 6) is -0.580. The fraction of sp³-hybridized carbons (Fsp3) is 0.222. The number of halogens is 2. The fourth-order valence-corrected chi connectivity index (χ4v) is 6.88. The van der Waals surface area contributed by atoms with Crippen molar-refractivity contribution >= 4 is 70.9 Å². The molecule has 4 rings (SSSR count). The lowest BCUT2D eigenvalue weighted by Crippen LogP contribution is -2.53. The van der Waals surface area contributed by atoms with Gasteiger partial charge in [-0.05, 0) is 52.9 Å². The van der Waals surface area contributed by atoms with Gasteiger partial charge in [0, 0.05) is 40.7 Å². The molecule has 1 aliphatic heterocycles. The van der Waals surface area contributed by atoms with E-state index in [-0.39, 0.29) is 41.1 Å². The van der Waals surface area contributed by atoms with Crippen molar-refractivity contribution in [1.82, 2.24) is 14.6 Å². The van der Waals surface area contributed by atoms with Gasteiger partial charge < -0.3 is 15.7 Å². The van der Waals surface area contributed by atoms with Gasteiger partial charge in [0.25, 0.3) is 0 Å². The Morgan fingerprint density at radius 1 is 1.37 bits per heavy atom. The molecule has 0 saturated carbocycles. The first-order chi connectivity index (χ1) is 14.3. The van der Waals surface area contributed by atoms with E-state index in [1.54, 1.807) is 30.5 Å². The lowest BCUT2D eigenvalue weighted by atomic mass is 10.0. The second-order valence-corrected chi connectivity index (χ2v) is 10.9. The van der Waals surface area contributed by atoms with Crippen molar-refractivity contribution in [3.63, 3.8) is 0 Å². The molecule has 0 spiro atoms. The summed E-state index contributed by atoms with van der Waals surface area (Å²) in [6.07, 6.45) is 0.430. The minimum atomic E-state index is -3.89. The van der Waals surface area contributed by atoms with E-state index >= 15 is 0 Å². The van der Waals surface area contributed by atoms with Gasteiger partial charge in [0.2, 0.25) is 10.0 Å². The van der Waals surface area contributed by atoms with Crippen molar-refractivity contribution in [2.24, 2.45) is 5.92 Å². The molecule has 8 nitrogen and oxygen atoms in total. The van der Waals surface area contributed by atoms with Gasteiger partial charge in [0.1, 0.15) is 20.5 Å². The predicted octanol–water partition coefficient (Wildman–Crippen LogP) is 3.67. The van der Waals surface area contributed by atoms with Crippen LogP contribution in [0, 0.1) is 15.3 Å². The smallest absolute Gasteiger partial charge is 0.404 e. The number of hydrogen-bond acceptors (Lipinski definition) is 6. The molecule has 1 aliphatic rings. The number of nitrogens with one attached hydrogen (secondary N) is 2. The molecule has 0 radical (unpaired) electrons. The van der Waals surface area contributed by atoms with Crippen LogP contribution >= 0.6 is 33.9 Å². The number of sulfonamides is 1. The normalized spacial score (nSPS) is 15.1. The molecule has 12 heteroatoms. The minimum Gasteiger partial charge on any atom is -0.465 e. The van der Waals surface area contributed by atoms with Crippen molar-refractivity contribution in [1.29, 1.82) is 0 Å². The number of amides is 1. The molecule has 1 saturated heterocycles. The van der Waals surface area contributed by atoms with Crippen LogP contribution in [0.25, 0.3) is 10.2 Å². The van der Waals surface area contributed by atoms with E-state index in [1.165, 1.54) is 10.4 Å². The molecule has 158 valence electrons. The summed E-state index contributed by atoms with van der Waals surface area (Å²) >= 11 is 3.14. The van der Waals surface area contributed by atoms with Crippen LogP contribution in [0.3, 0.4) is 0 Å². The highest BCUT2D eigenvalue weighted by molar-refractivity contribution is 14.1. The van der Waals surface area contributed by atoms with Crippen LogP contribution in [0.4, 0.5) is 19.9 Å². The highest BCUT2D eigenvalue weighted by Crippen LogP contribution is 2.42. The fourth-order valence-electron chi connectivity index (χ4n) is 3.17. The lowest BCUT2D eigenvalue weighted by molar-refractivity contribution is 0.172. The molecule has 1 fully saturated rings. The van der Waals surface area contributed by atoms with Gasteiger partial charge in [-0.2, -0.15) is 4.31 Å². The number of nitrogens with zero attached hydrogens (tertiary/aromatic N) is 2. The molecule has 0 unspecified atom stereocenters. The zero-order valence-electron chi connectivity index (χ0n) is 15.3. The first-order valence-electron chi connectivity index (χ1n) is 8.82. The van der Waals surface area contributed by atoms with Gasteiger partial charge in [-0.25, -0.2) is 22.6 Å². The number of thiophene rings is 1. The number of pyridine rings is 1. The van der Waals surface area contributed by atoms with Crippen LogP contribution in [0.2, 0.25) is 0 Å². The van der Waals surface area contributed by atoms with E-state index in [0.29, 0.717) is 10.2 Å². The Labute approximate surface area is 189 Å². The number of benzene rings is 1. The van der Waals surface area contributed by atoms with Gasteiger partial charge in [-0.15, -0.1) is 0 Å². The highest BCUT2D eigenvalue weighted by atomic mass is 127. The second-order valence-electron chi connectivity index (χ2n) is 6.74. The zero-order valence-corrected chi connectivity index (χ0v) is 19.1. The summed E-state index contributed by atoms with van der Waals surface area (Å²) in [7, 11) is -3.89. The number of aromatic nitrogens is 1. The average molecular weight is 562 g/mol. The summed E-state index contributed by atoms with van der Waals surface area (Å²) in [6, 6.07) is 7.96. The van der Waals surface area contributed by atoms with Crippen LogP contribution in [0.15, 0.2) is 41.4 Å². The maximum atomic E-state index is 14.4. The van der Waals surface area contributed by atoms with E-state index in [4.69, 9.17) is 5.11 Å².